The van der Waals surface area contributed by atoms with Gasteiger partial charge in [-0.3, -0.25) is 14.5 Å². The molecule has 0 aliphatic carbocycles. The fourth-order valence-corrected chi connectivity index (χ4v) is 4.27. The van der Waals surface area contributed by atoms with Gasteiger partial charge in [-0.2, -0.15) is 0 Å². The third-order valence-electron chi connectivity index (χ3n) is 5.83. The van der Waals surface area contributed by atoms with Gasteiger partial charge in [0.2, 0.25) is 6.79 Å². The molecule has 158 valence electrons. The Morgan fingerprint density at radius 3 is 2.60 bits per heavy atom. The van der Waals surface area contributed by atoms with Crippen LogP contribution in [-0.2, 0) is 17.8 Å². The van der Waals surface area contributed by atoms with Crippen LogP contribution in [-0.4, -0.2) is 46.1 Å². The topological polar surface area (TPSA) is 89.9 Å². The largest absolute Gasteiger partial charge is 0.454 e. The lowest BCUT2D eigenvalue weighted by molar-refractivity contribution is -0.130. The summed E-state index contributed by atoms with van der Waals surface area (Å²) in [5.41, 5.74) is 2.05. The number of urea groups is 1. The van der Waals surface area contributed by atoms with Crippen molar-refractivity contribution >= 4 is 17.7 Å². The maximum atomic E-state index is 13.1. The van der Waals surface area contributed by atoms with Crippen molar-refractivity contribution in [1.29, 1.82) is 0 Å². The van der Waals surface area contributed by atoms with Gasteiger partial charge in [0, 0.05) is 29.9 Å². The van der Waals surface area contributed by atoms with Gasteiger partial charge in [0.25, 0.3) is 5.91 Å². The zero-order valence-electron chi connectivity index (χ0n) is 17.6. The van der Waals surface area contributed by atoms with Gasteiger partial charge >= 0.3 is 6.03 Å². The number of ether oxygens (including phenoxy) is 2. The van der Waals surface area contributed by atoms with Crippen LogP contribution in [0.1, 0.15) is 41.2 Å². The third kappa shape index (κ3) is 3.22. The number of rotatable bonds is 6. The van der Waals surface area contributed by atoms with Gasteiger partial charge in [-0.1, -0.05) is 6.07 Å². The molecule has 1 atom stereocenters. The molecule has 0 saturated carbocycles. The summed E-state index contributed by atoms with van der Waals surface area (Å²) in [7, 11) is 0. The number of hydrogen-bond donors (Lipinski definition) is 1. The maximum absolute atomic E-state index is 13.1. The summed E-state index contributed by atoms with van der Waals surface area (Å²) < 4.78 is 12.7. The summed E-state index contributed by atoms with van der Waals surface area (Å²) in [6.07, 6.45) is 0.281. The number of ketones is 1. The van der Waals surface area contributed by atoms with Gasteiger partial charge in [0.15, 0.2) is 17.3 Å². The highest BCUT2D eigenvalue weighted by molar-refractivity contribution is 6.11. The molecule has 3 amide bonds. The lowest BCUT2D eigenvalue weighted by atomic mass is 9.92. The number of Topliss-reactive ketones (excluding diaryl/α,β-unsaturated/α-hetero) is 1. The highest BCUT2D eigenvalue weighted by atomic mass is 16.7. The predicted molar refractivity (Wildman–Crippen MR) is 109 cm³/mol. The summed E-state index contributed by atoms with van der Waals surface area (Å²) in [5.74, 6) is 0.607. The molecule has 1 aromatic heterocycles. The lowest BCUT2D eigenvalue weighted by Gasteiger charge is -2.21. The van der Waals surface area contributed by atoms with Crippen LogP contribution in [0, 0.1) is 13.8 Å². The van der Waals surface area contributed by atoms with E-state index in [0.717, 1.165) is 28.4 Å². The Balaban J connectivity index is 1.51. The molecule has 1 fully saturated rings. The molecule has 0 unspecified atom stereocenters. The number of aryl methyl sites for hydroxylation is 1. The molecule has 4 rings (SSSR count). The second kappa shape index (κ2) is 7.19. The highest BCUT2D eigenvalue weighted by Gasteiger charge is 2.48. The number of nitrogens with zero attached hydrogens (tertiary/aromatic N) is 2. The monoisotopic (exact) mass is 411 g/mol. The first-order chi connectivity index (χ1) is 14.2. The molecule has 8 nitrogen and oxygen atoms in total. The van der Waals surface area contributed by atoms with E-state index in [9.17, 15) is 14.4 Å². The Morgan fingerprint density at radius 1 is 1.17 bits per heavy atom. The van der Waals surface area contributed by atoms with E-state index in [2.05, 4.69) is 5.32 Å². The first kappa shape index (κ1) is 20.0. The molecule has 0 radical (unpaired) electrons. The first-order valence-electron chi connectivity index (χ1n) is 9.96. The van der Waals surface area contributed by atoms with E-state index in [1.807, 2.05) is 37.5 Å². The van der Waals surface area contributed by atoms with E-state index in [0.29, 0.717) is 17.1 Å². The summed E-state index contributed by atoms with van der Waals surface area (Å²) in [6.45, 7) is 8.12. The Kier molecular flexibility index (Phi) is 4.80. The third-order valence-corrected chi connectivity index (χ3v) is 5.83. The number of amides is 3. The number of benzene rings is 1. The SMILES string of the molecule is CCn1c(C)cc(C(=O)CN2C(=O)N[C@](C)(Cc3ccc4c(c3)OCO4)C2=O)c1C. The van der Waals surface area contributed by atoms with Crippen molar-refractivity contribution in [2.24, 2.45) is 0 Å². The molecular weight excluding hydrogens is 386 g/mol. The van der Waals surface area contributed by atoms with Crippen LogP contribution in [0.5, 0.6) is 11.5 Å². The Bertz CT molecular complexity index is 1060. The van der Waals surface area contributed by atoms with Gasteiger partial charge < -0.3 is 19.4 Å². The molecule has 2 aromatic rings. The minimum atomic E-state index is -1.13. The van der Waals surface area contributed by atoms with Crippen LogP contribution >= 0.6 is 0 Å². The molecule has 0 spiro atoms. The van der Waals surface area contributed by atoms with Crippen LogP contribution in [0.2, 0.25) is 0 Å². The molecule has 1 saturated heterocycles. The zero-order valence-corrected chi connectivity index (χ0v) is 17.6. The average molecular weight is 411 g/mol. The number of nitrogens with one attached hydrogen (secondary N) is 1. The molecule has 2 aliphatic heterocycles. The Morgan fingerprint density at radius 2 is 1.90 bits per heavy atom. The van der Waals surface area contributed by atoms with Crippen molar-refractivity contribution in [2.75, 3.05) is 13.3 Å². The van der Waals surface area contributed by atoms with Crippen LogP contribution < -0.4 is 14.8 Å². The normalized spacial score (nSPS) is 20.1. The van der Waals surface area contributed by atoms with E-state index < -0.39 is 17.5 Å². The summed E-state index contributed by atoms with van der Waals surface area (Å²) in [5, 5.41) is 2.75. The van der Waals surface area contributed by atoms with E-state index in [4.69, 9.17) is 9.47 Å². The molecular formula is C22H25N3O5. The molecule has 8 heteroatoms. The van der Waals surface area contributed by atoms with Gasteiger partial charge in [-0.05, 0) is 51.5 Å². The number of carbonyl (C=O) groups excluding carboxylic acids is 3. The van der Waals surface area contributed by atoms with Crippen molar-refractivity contribution in [3.05, 3.63) is 46.8 Å². The molecule has 30 heavy (non-hydrogen) atoms. The van der Waals surface area contributed by atoms with Crippen molar-refractivity contribution in [1.82, 2.24) is 14.8 Å². The number of carbonyl (C=O) groups is 3. The second-order valence-electron chi connectivity index (χ2n) is 7.97. The zero-order chi connectivity index (χ0) is 21.6. The van der Waals surface area contributed by atoms with Crippen LogP contribution in [0.4, 0.5) is 4.79 Å². The minimum Gasteiger partial charge on any atom is -0.454 e. The fourth-order valence-electron chi connectivity index (χ4n) is 4.27. The Labute approximate surface area is 174 Å². The molecule has 1 N–H and O–H groups in total. The quantitative estimate of drug-likeness (QED) is 0.583. The van der Waals surface area contributed by atoms with Gasteiger partial charge in [-0.15, -0.1) is 0 Å². The van der Waals surface area contributed by atoms with Gasteiger partial charge in [-0.25, -0.2) is 4.79 Å². The van der Waals surface area contributed by atoms with Gasteiger partial charge in [0.05, 0.1) is 6.54 Å². The van der Waals surface area contributed by atoms with Crippen molar-refractivity contribution in [2.45, 2.75) is 46.2 Å². The summed E-state index contributed by atoms with van der Waals surface area (Å²) >= 11 is 0. The van der Waals surface area contributed by atoms with E-state index in [-0.39, 0.29) is 25.5 Å². The van der Waals surface area contributed by atoms with E-state index in [1.54, 1.807) is 19.1 Å². The van der Waals surface area contributed by atoms with Crippen molar-refractivity contribution < 1.29 is 23.9 Å². The number of aromatic nitrogens is 1. The van der Waals surface area contributed by atoms with E-state index in [1.165, 1.54) is 0 Å². The minimum absolute atomic E-state index is 0.167. The predicted octanol–water partition coefficient (Wildman–Crippen LogP) is 2.59. The van der Waals surface area contributed by atoms with Crippen LogP contribution in [0.3, 0.4) is 0 Å². The summed E-state index contributed by atoms with van der Waals surface area (Å²) in [6, 6.07) is 6.69. The lowest BCUT2D eigenvalue weighted by Crippen LogP contribution is -2.46. The standard InChI is InChI=1S/C22H25N3O5/c1-5-24-13(2)8-16(14(24)3)17(26)11-25-20(27)22(4,23-21(25)28)10-15-6-7-18-19(9-15)30-12-29-18/h6-9H,5,10-12H2,1-4H3,(H,23,28)/t22-/m1/s1. The Hall–Kier alpha value is -3.29. The van der Waals surface area contributed by atoms with Crippen molar-refractivity contribution in [3.63, 3.8) is 0 Å². The van der Waals surface area contributed by atoms with Crippen LogP contribution in [0.25, 0.3) is 0 Å². The van der Waals surface area contributed by atoms with E-state index >= 15 is 0 Å². The molecule has 2 aliphatic rings. The smallest absolute Gasteiger partial charge is 0.325 e. The molecule has 0 bridgehead atoms. The second-order valence-corrected chi connectivity index (χ2v) is 7.97. The number of fused-ring (bicyclic) bond motifs is 1. The highest BCUT2D eigenvalue weighted by Crippen LogP contribution is 2.34. The summed E-state index contributed by atoms with van der Waals surface area (Å²) in [4.78, 5) is 39.5. The molecule has 3 heterocycles. The van der Waals surface area contributed by atoms with Crippen LogP contribution in [0.15, 0.2) is 24.3 Å². The van der Waals surface area contributed by atoms with Crippen molar-refractivity contribution in [3.8, 4) is 11.5 Å². The number of hydrogen-bond acceptors (Lipinski definition) is 5. The van der Waals surface area contributed by atoms with Gasteiger partial charge in [0.1, 0.15) is 5.54 Å². The average Bonchev–Trinajstić information content (AvgIpc) is 3.33. The molecule has 1 aromatic carbocycles. The fraction of sp³-hybridized carbons (Fsp3) is 0.409. The maximum Gasteiger partial charge on any atom is 0.325 e. The number of imide groups is 1. The first-order valence-corrected chi connectivity index (χ1v) is 9.96.